The Hall–Kier alpha value is -2.63. The second-order valence-electron chi connectivity index (χ2n) is 5.30. The Morgan fingerprint density at radius 2 is 2.05 bits per heavy atom. The first-order chi connectivity index (χ1) is 10.3. The molecule has 4 rings (SSSR count). The molecule has 0 radical (unpaired) electrons. The van der Waals surface area contributed by atoms with Crippen molar-refractivity contribution in [3.63, 3.8) is 0 Å². The van der Waals surface area contributed by atoms with Crippen molar-refractivity contribution in [2.45, 2.75) is 25.3 Å². The lowest BCUT2D eigenvalue weighted by atomic mass is 9.94. The Labute approximate surface area is 122 Å². The van der Waals surface area contributed by atoms with E-state index < -0.39 is 0 Å². The van der Waals surface area contributed by atoms with Crippen molar-refractivity contribution in [3.8, 4) is 5.69 Å². The summed E-state index contributed by atoms with van der Waals surface area (Å²) in [5.41, 5.74) is 7.95. The highest BCUT2D eigenvalue weighted by molar-refractivity contribution is 5.33. The summed E-state index contributed by atoms with van der Waals surface area (Å²) in [5.74, 6) is 1.53. The van der Waals surface area contributed by atoms with Crippen molar-refractivity contribution in [2.75, 3.05) is 5.73 Å². The minimum atomic E-state index is 0.223. The molecule has 0 saturated heterocycles. The second-order valence-corrected chi connectivity index (χ2v) is 5.30. The molecular formula is C15H16N6. The lowest BCUT2D eigenvalue weighted by Gasteiger charge is -2.20. The first kappa shape index (κ1) is 12.1. The number of fused-ring (bicyclic) bond motifs is 1. The highest BCUT2D eigenvalue weighted by Crippen LogP contribution is 2.32. The number of nitrogens with zero attached hydrogens (tertiary/aromatic N) is 5. The zero-order valence-electron chi connectivity index (χ0n) is 11.6. The Kier molecular flexibility index (Phi) is 2.73. The van der Waals surface area contributed by atoms with E-state index in [1.165, 1.54) is 0 Å². The maximum absolute atomic E-state index is 5.73. The number of hydrogen-bond acceptors (Lipinski definition) is 4. The van der Waals surface area contributed by atoms with Crippen LogP contribution < -0.4 is 5.73 Å². The fourth-order valence-corrected chi connectivity index (χ4v) is 2.92. The molecule has 3 heterocycles. The molecule has 2 N–H and O–H groups in total. The third-order valence-corrected chi connectivity index (χ3v) is 3.92. The standard InChI is InChI=1S/C15H16N6/c16-15-18-14-13(7-4-8-20(14)19-15)11-9-17-21(10-11)12-5-2-1-3-6-12/h1-3,5-6,9-10,13H,4,7-8H2,(H2,16,19). The summed E-state index contributed by atoms with van der Waals surface area (Å²) >= 11 is 0. The summed E-state index contributed by atoms with van der Waals surface area (Å²) in [6.07, 6.45) is 6.12. The van der Waals surface area contributed by atoms with Gasteiger partial charge in [0.2, 0.25) is 5.95 Å². The molecule has 0 fully saturated rings. The molecular weight excluding hydrogens is 264 g/mol. The average molecular weight is 280 g/mol. The average Bonchev–Trinajstić information content (AvgIpc) is 3.13. The van der Waals surface area contributed by atoms with E-state index in [1.54, 1.807) is 0 Å². The number of anilines is 1. The number of rotatable bonds is 2. The zero-order valence-corrected chi connectivity index (χ0v) is 11.6. The summed E-state index contributed by atoms with van der Waals surface area (Å²) in [7, 11) is 0. The van der Waals surface area contributed by atoms with Crippen molar-refractivity contribution in [1.82, 2.24) is 24.5 Å². The molecule has 2 aromatic heterocycles. The summed E-state index contributed by atoms with van der Waals surface area (Å²) in [4.78, 5) is 4.38. The number of aryl methyl sites for hydroxylation is 1. The molecule has 0 bridgehead atoms. The number of nitrogens with two attached hydrogens (primary N) is 1. The van der Waals surface area contributed by atoms with E-state index in [2.05, 4.69) is 21.4 Å². The topological polar surface area (TPSA) is 74.6 Å². The molecule has 1 atom stereocenters. The largest absolute Gasteiger partial charge is 0.366 e. The summed E-state index contributed by atoms with van der Waals surface area (Å²) in [6, 6.07) is 10.1. The van der Waals surface area contributed by atoms with Crippen LogP contribution in [-0.4, -0.2) is 24.5 Å². The van der Waals surface area contributed by atoms with Gasteiger partial charge < -0.3 is 5.73 Å². The Morgan fingerprint density at radius 3 is 2.90 bits per heavy atom. The van der Waals surface area contributed by atoms with Crippen LogP contribution >= 0.6 is 0 Å². The SMILES string of the molecule is Nc1nc2n(n1)CCCC2c1cnn(-c2ccccc2)c1. The maximum atomic E-state index is 5.73. The third-order valence-electron chi connectivity index (χ3n) is 3.92. The van der Waals surface area contributed by atoms with Crippen LogP contribution in [0.3, 0.4) is 0 Å². The summed E-state index contributed by atoms with van der Waals surface area (Å²) in [5, 5.41) is 8.72. The maximum Gasteiger partial charge on any atom is 0.239 e. The summed E-state index contributed by atoms with van der Waals surface area (Å²) in [6.45, 7) is 0.892. The predicted molar refractivity (Wildman–Crippen MR) is 79.1 cm³/mol. The smallest absolute Gasteiger partial charge is 0.239 e. The minimum Gasteiger partial charge on any atom is -0.366 e. The highest BCUT2D eigenvalue weighted by Gasteiger charge is 2.26. The molecule has 6 heteroatoms. The first-order valence-corrected chi connectivity index (χ1v) is 7.11. The van der Waals surface area contributed by atoms with Crippen LogP contribution in [0.4, 0.5) is 5.95 Å². The highest BCUT2D eigenvalue weighted by atomic mass is 15.4. The van der Waals surface area contributed by atoms with Gasteiger partial charge in [0.15, 0.2) is 0 Å². The fraction of sp³-hybridized carbons (Fsp3) is 0.267. The van der Waals surface area contributed by atoms with Crippen molar-refractivity contribution >= 4 is 5.95 Å². The van der Waals surface area contributed by atoms with Crippen LogP contribution in [0.25, 0.3) is 5.69 Å². The van der Waals surface area contributed by atoms with Crippen LogP contribution in [0.2, 0.25) is 0 Å². The number of para-hydroxylation sites is 1. The van der Waals surface area contributed by atoms with Crippen molar-refractivity contribution < 1.29 is 0 Å². The van der Waals surface area contributed by atoms with Crippen LogP contribution in [0.5, 0.6) is 0 Å². The molecule has 1 aliphatic rings. The van der Waals surface area contributed by atoms with E-state index in [4.69, 9.17) is 5.73 Å². The van der Waals surface area contributed by atoms with Crippen LogP contribution in [-0.2, 0) is 6.54 Å². The monoisotopic (exact) mass is 280 g/mol. The van der Waals surface area contributed by atoms with E-state index >= 15 is 0 Å². The van der Waals surface area contributed by atoms with E-state index in [0.717, 1.165) is 36.5 Å². The van der Waals surface area contributed by atoms with Crippen molar-refractivity contribution in [1.29, 1.82) is 0 Å². The first-order valence-electron chi connectivity index (χ1n) is 7.11. The van der Waals surface area contributed by atoms with Crippen molar-refractivity contribution in [2.24, 2.45) is 0 Å². The molecule has 21 heavy (non-hydrogen) atoms. The van der Waals surface area contributed by atoms with Gasteiger partial charge in [-0.15, -0.1) is 5.10 Å². The number of hydrogen-bond donors (Lipinski definition) is 1. The minimum absolute atomic E-state index is 0.223. The molecule has 106 valence electrons. The van der Waals surface area contributed by atoms with Gasteiger partial charge in [-0.1, -0.05) is 18.2 Å². The number of aromatic nitrogens is 5. The molecule has 0 spiro atoms. The van der Waals surface area contributed by atoms with E-state index in [-0.39, 0.29) is 5.92 Å². The molecule has 1 aromatic carbocycles. The van der Waals surface area contributed by atoms with E-state index in [0.29, 0.717) is 5.95 Å². The molecule has 0 amide bonds. The van der Waals surface area contributed by atoms with Crippen LogP contribution in [0.1, 0.15) is 30.1 Å². The normalized spacial score (nSPS) is 17.6. The van der Waals surface area contributed by atoms with Gasteiger partial charge in [-0.3, -0.25) is 0 Å². The molecule has 0 aliphatic carbocycles. The Balaban J connectivity index is 1.71. The zero-order chi connectivity index (χ0) is 14.2. The van der Waals surface area contributed by atoms with E-state index in [9.17, 15) is 0 Å². The van der Waals surface area contributed by atoms with Gasteiger partial charge in [0.05, 0.1) is 11.9 Å². The van der Waals surface area contributed by atoms with Gasteiger partial charge in [0.1, 0.15) is 5.82 Å². The number of nitrogen functional groups attached to an aromatic ring is 1. The van der Waals surface area contributed by atoms with Gasteiger partial charge in [0.25, 0.3) is 0 Å². The molecule has 6 nitrogen and oxygen atoms in total. The molecule has 0 saturated carbocycles. The lowest BCUT2D eigenvalue weighted by molar-refractivity contribution is 0.446. The molecule has 1 aliphatic heterocycles. The van der Waals surface area contributed by atoms with Gasteiger partial charge in [-0.2, -0.15) is 10.1 Å². The quantitative estimate of drug-likeness (QED) is 0.778. The van der Waals surface area contributed by atoms with Gasteiger partial charge in [-0.05, 0) is 25.0 Å². The van der Waals surface area contributed by atoms with Gasteiger partial charge in [0, 0.05) is 24.2 Å². The lowest BCUT2D eigenvalue weighted by Crippen LogP contribution is -2.17. The molecule has 3 aromatic rings. The molecule has 1 unspecified atom stereocenters. The number of benzene rings is 1. The Morgan fingerprint density at radius 1 is 1.19 bits per heavy atom. The summed E-state index contributed by atoms with van der Waals surface area (Å²) < 4.78 is 3.82. The second kappa shape index (κ2) is 4.73. The van der Waals surface area contributed by atoms with Gasteiger partial charge in [-0.25, -0.2) is 9.36 Å². The Bertz CT molecular complexity index is 758. The third kappa shape index (κ3) is 2.08. The fourth-order valence-electron chi connectivity index (χ4n) is 2.92. The van der Waals surface area contributed by atoms with Crippen LogP contribution in [0.15, 0.2) is 42.7 Å². The van der Waals surface area contributed by atoms with E-state index in [1.807, 2.05) is 45.9 Å². The van der Waals surface area contributed by atoms with Gasteiger partial charge >= 0.3 is 0 Å². The van der Waals surface area contributed by atoms with Crippen molar-refractivity contribution in [3.05, 3.63) is 54.1 Å². The predicted octanol–water partition coefficient (Wildman–Crippen LogP) is 1.97. The van der Waals surface area contributed by atoms with Crippen LogP contribution in [0, 0.1) is 0 Å².